The van der Waals surface area contributed by atoms with Gasteiger partial charge in [0.05, 0.1) is 16.6 Å². The minimum atomic E-state index is 0.00220. The zero-order valence-corrected chi connectivity index (χ0v) is 16.2. The molecule has 3 heterocycles. The number of carbonyl (C=O) groups is 1. The van der Waals surface area contributed by atoms with Gasteiger partial charge in [0.15, 0.2) is 0 Å². The third-order valence-corrected chi connectivity index (χ3v) is 7.16. The number of carbonyl (C=O) groups excluding carboxylic acids is 1. The van der Waals surface area contributed by atoms with Gasteiger partial charge in [0.1, 0.15) is 6.23 Å². The predicted octanol–water partition coefficient (Wildman–Crippen LogP) is 5.09. The average molecular weight is 380 g/mol. The van der Waals surface area contributed by atoms with E-state index in [0.29, 0.717) is 12.5 Å². The number of rotatable bonds is 1. The summed E-state index contributed by atoms with van der Waals surface area (Å²) in [5, 5.41) is 5.56. The summed E-state index contributed by atoms with van der Waals surface area (Å²) < 4.78 is 8.41. The molecule has 0 spiro atoms. The zero-order valence-electron chi connectivity index (χ0n) is 16.2. The van der Waals surface area contributed by atoms with E-state index >= 15 is 0 Å². The second kappa shape index (κ2) is 5.28. The van der Waals surface area contributed by atoms with Crippen molar-refractivity contribution in [2.24, 2.45) is 0 Å². The van der Waals surface area contributed by atoms with E-state index in [1.54, 1.807) is 0 Å². The maximum Gasteiger partial charge on any atom is 0.252 e. The Labute approximate surface area is 168 Å². The van der Waals surface area contributed by atoms with E-state index < -0.39 is 0 Å². The van der Waals surface area contributed by atoms with Crippen LogP contribution in [0.15, 0.2) is 48.5 Å². The van der Waals surface area contributed by atoms with Crippen LogP contribution in [0.4, 0.5) is 0 Å². The number of benzene rings is 3. The van der Waals surface area contributed by atoms with Crippen LogP contribution in [0, 0.1) is 0 Å². The molecule has 0 bridgehead atoms. The van der Waals surface area contributed by atoms with Gasteiger partial charge in [-0.25, -0.2) is 0 Å². The van der Waals surface area contributed by atoms with Crippen LogP contribution in [0.3, 0.4) is 0 Å². The summed E-state index contributed by atoms with van der Waals surface area (Å²) in [6, 6.07) is 17.2. The molecule has 2 aliphatic heterocycles. The van der Waals surface area contributed by atoms with Crippen molar-refractivity contribution in [3.05, 3.63) is 70.8 Å². The van der Waals surface area contributed by atoms with E-state index in [4.69, 9.17) is 4.74 Å². The lowest BCUT2D eigenvalue weighted by atomic mass is 9.88. The molecule has 1 aromatic heterocycles. The molecular formula is C25H20N2O2. The highest BCUT2D eigenvalue weighted by atomic mass is 16.5. The van der Waals surface area contributed by atoms with Crippen molar-refractivity contribution >= 4 is 27.7 Å². The Morgan fingerprint density at radius 2 is 1.86 bits per heavy atom. The standard InChI is InChI=1S/C25H20N2O2/c1-29-19-11-10-15-13-6-2-3-7-14(13)21-22(15)24-20(17-12-26-25(28)23(17)21)16-8-4-5-9-18(16)27(19)24/h2-9,15,19H,10-12H2,1H3,(H,26,28)/t15-,19?/m0/s1. The number of amides is 1. The zero-order chi connectivity index (χ0) is 19.3. The molecule has 7 rings (SSSR count). The lowest BCUT2D eigenvalue weighted by Gasteiger charge is -2.19. The monoisotopic (exact) mass is 380 g/mol. The molecule has 2 atom stereocenters. The Hall–Kier alpha value is -3.11. The van der Waals surface area contributed by atoms with Crippen molar-refractivity contribution in [1.82, 2.24) is 9.88 Å². The van der Waals surface area contributed by atoms with Crippen molar-refractivity contribution in [3.8, 4) is 11.1 Å². The normalized spacial score (nSPS) is 21.3. The second-order valence-corrected chi connectivity index (χ2v) is 8.34. The number of nitrogens with one attached hydrogen (secondary N) is 1. The maximum atomic E-state index is 13.0. The third kappa shape index (κ3) is 1.73. The highest BCUT2D eigenvalue weighted by Crippen LogP contribution is 2.56. The summed E-state index contributed by atoms with van der Waals surface area (Å²) in [6.07, 6.45) is 1.98. The van der Waals surface area contributed by atoms with Gasteiger partial charge >= 0.3 is 0 Å². The Bertz CT molecular complexity index is 1380. The number of hydrogen-bond acceptors (Lipinski definition) is 2. The number of aromatic nitrogens is 1. The Morgan fingerprint density at radius 3 is 2.76 bits per heavy atom. The van der Waals surface area contributed by atoms with Crippen molar-refractivity contribution in [2.75, 3.05) is 7.11 Å². The number of hydrogen-bond donors (Lipinski definition) is 1. The number of para-hydroxylation sites is 1. The summed E-state index contributed by atoms with van der Waals surface area (Å²) in [6.45, 7) is 0.594. The van der Waals surface area contributed by atoms with E-state index in [-0.39, 0.29) is 12.1 Å². The van der Waals surface area contributed by atoms with Crippen LogP contribution in [-0.2, 0) is 11.3 Å². The van der Waals surface area contributed by atoms with Crippen LogP contribution in [-0.4, -0.2) is 17.6 Å². The molecule has 142 valence electrons. The maximum absolute atomic E-state index is 13.0. The van der Waals surface area contributed by atoms with E-state index in [1.807, 2.05) is 7.11 Å². The number of fused-ring (bicyclic) bond motifs is 9. The van der Waals surface area contributed by atoms with Crippen LogP contribution >= 0.6 is 0 Å². The van der Waals surface area contributed by atoms with Gasteiger partial charge in [-0.05, 0) is 41.2 Å². The fraction of sp³-hybridized carbons (Fsp3) is 0.240. The third-order valence-electron chi connectivity index (χ3n) is 7.16. The Morgan fingerprint density at radius 1 is 1.03 bits per heavy atom. The van der Waals surface area contributed by atoms with Gasteiger partial charge in [-0.1, -0.05) is 42.5 Å². The van der Waals surface area contributed by atoms with E-state index in [0.717, 1.165) is 29.5 Å². The molecule has 1 N–H and O–H groups in total. The van der Waals surface area contributed by atoms with Crippen LogP contribution < -0.4 is 5.32 Å². The van der Waals surface area contributed by atoms with Crippen LogP contribution in [0.1, 0.15) is 52.0 Å². The minimum Gasteiger partial charge on any atom is -0.361 e. The molecule has 1 aliphatic carbocycles. The number of methoxy groups -OCH3 is 1. The quantitative estimate of drug-likeness (QED) is 0.500. The van der Waals surface area contributed by atoms with Gasteiger partial charge < -0.3 is 14.6 Å². The smallest absolute Gasteiger partial charge is 0.252 e. The predicted molar refractivity (Wildman–Crippen MR) is 113 cm³/mol. The second-order valence-electron chi connectivity index (χ2n) is 8.34. The molecule has 0 radical (unpaired) electrons. The molecule has 0 saturated carbocycles. The first-order chi connectivity index (χ1) is 14.3. The van der Waals surface area contributed by atoms with Crippen LogP contribution in [0.5, 0.6) is 0 Å². The lowest BCUT2D eigenvalue weighted by Crippen LogP contribution is -2.13. The van der Waals surface area contributed by atoms with Gasteiger partial charge in [-0.3, -0.25) is 4.79 Å². The van der Waals surface area contributed by atoms with E-state index in [9.17, 15) is 4.79 Å². The molecule has 4 aromatic rings. The molecular weight excluding hydrogens is 360 g/mol. The van der Waals surface area contributed by atoms with Crippen LogP contribution in [0.2, 0.25) is 0 Å². The minimum absolute atomic E-state index is 0.00220. The molecule has 1 unspecified atom stereocenters. The lowest BCUT2D eigenvalue weighted by molar-refractivity contribution is 0.0431. The molecule has 4 heteroatoms. The Balaban J connectivity index is 1.79. The fourth-order valence-electron chi connectivity index (χ4n) is 6.11. The fourth-order valence-corrected chi connectivity index (χ4v) is 6.11. The van der Waals surface area contributed by atoms with Crippen molar-refractivity contribution < 1.29 is 9.53 Å². The van der Waals surface area contributed by atoms with Gasteiger partial charge in [0.25, 0.3) is 5.91 Å². The first-order valence-corrected chi connectivity index (χ1v) is 10.3. The topological polar surface area (TPSA) is 43.3 Å². The highest BCUT2D eigenvalue weighted by Gasteiger charge is 2.41. The number of nitrogens with zero attached hydrogens (tertiary/aromatic N) is 1. The summed E-state index contributed by atoms with van der Waals surface area (Å²) in [5.74, 6) is 0.374. The SMILES string of the molecule is COC1CC[C@H]2c3ccccc3-c3c4c(c5c6ccccc6n1c5c32)CNC4=O. The Kier molecular flexibility index (Phi) is 2.87. The van der Waals surface area contributed by atoms with Gasteiger partial charge in [0.2, 0.25) is 0 Å². The van der Waals surface area contributed by atoms with Gasteiger partial charge in [-0.2, -0.15) is 0 Å². The molecule has 3 aromatic carbocycles. The summed E-state index contributed by atoms with van der Waals surface area (Å²) in [7, 11) is 1.81. The first-order valence-electron chi connectivity index (χ1n) is 10.3. The van der Waals surface area contributed by atoms with E-state index in [1.165, 1.54) is 38.5 Å². The molecule has 0 saturated heterocycles. The molecule has 3 aliphatic rings. The van der Waals surface area contributed by atoms with Crippen molar-refractivity contribution in [2.45, 2.75) is 31.5 Å². The van der Waals surface area contributed by atoms with Crippen molar-refractivity contribution in [3.63, 3.8) is 0 Å². The summed E-state index contributed by atoms with van der Waals surface area (Å²) >= 11 is 0. The number of ether oxygens (including phenoxy) is 1. The molecule has 29 heavy (non-hydrogen) atoms. The van der Waals surface area contributed by atoms with Crippen molar-refractivity contribution in [1.29, 1.82) is 0 Å². The van der Waals surface area contributed by atoms with Gasteiger partial charge in [-0.15, -0.1) is 0 Å². The molecule has 4 nitrogen and oxygen atoms in total. The van der Waals surface area contributed by atoms with Crippen LogP contribution in [0.25, 0.3) is 32.9 Å². The highest BCUT2D eigenvalue weighted by molar-refractivity contribution is 6.20. The molecule has 0 fully saturated rings. The largest absolute Gasteiger partial charge is 0.361 e. The first kappa shape index (κ1) is 15.8. The summed E-state index contributed by atoms with van der Waals surface area (Å²) in [5.41, 5.74) is 9.56. The molecule has 1 amide bonds. The van der Waals surface area contributed by atoms with Gasteiger partial charge in [0, 0.05) is 35.9 Å². The van der Waals surface area contributed by atoms with E-state index in [2.05, 4.69) is 58.4 Å². The average Bonchev–Trinajstić information content (AvgIpc) is 3.35. The summed E-state index contributed by atoms with van der Waals surface area (Å²) in [4.78, 5) is 13.0.